The summed E-state index contributed by atoms with van der Waals surface area (Å²) in [7, 11) is 1.89. The molecule has 0 bridgehead atoms. The maximum absolute atomic E-state index is 12.2. The van der Waals surface area contributed by atoms with Gasteiger partial charge in [0.25, 0.3) is 11.6 Å². The number of hydrogen-bond donors (Lipinski definition) is 2. The summed E-state index contributed by atoms with van der Waals surface area (Å²) in [5, 5.41) is 21.6. The molecule has 0 aliphatic rings. The topological polar surface area (TPSA) is 118 Å². The monoisotopic (exact) mass is 352 g/mol. The van der Waals surface area contributed by atoms with E-state index in [1.807, 2.05) is 29.9 Å². The van der Waals surface area contributed by atoms with Crippen molar-refractivity contribution < 1.29 is 9.72 Å². The molecule has 0 aliphatic carbocycles. The lowest BCUT2D eigenvalue weighted by Crippen LogP contribution is -2.19. The summed E-state index contributed by atoms with van der Waals surface area (Å²) < 4.78 is 1.89. The van der Waals surface area contributed by atoms with Crippen LogP contribution in [0, 0.1) is 10.1 Å². The lowest BCUT2D eigenvalue weighted by atomic mass is 10.1. The highest BCUT2D eigenvalue weighted by molar-refractivity contribution is 6.01. The molecule has 9 nitrogen and oxygen atoms in total. The van der Waals surface area contributed by atoms with Crippen LogP contribution >= 0.6 is 0 Å². The van der Waals surface area contributed by atoms with E-state index < -0.39 is 10.8 Å². The van der Waals surface area contributed by atoms with Crippen LogP contribution in [-0.4, -0.2) is 31.3 Å². The van der Waals surface area contributed by atoms with Crippen molar-refractivity contribution in [2.75, 3.05) is 0 Å². The second-order valence-electron chi connectivity index (χ2n) is 5.62. The number of carbonyl (C=O) groups is 1. The lowest BCUT2D eigenvalue weighted by molar-refractivity contribution is -0.384. The van der Waals surface area contributed by atoms with Crippen molar-refractivity contribution in [1.29, 1.82) is 0 Å². The third kappa shape index (κ3) is 3.51. The largest absolute Gasteiger partial charge is 0.349 e. The third-order valence-corrected chi connectivity index (χ3v) is 3.83. The Bertz CT molecular complexity index is 1000. The fraction of sp³-hybridized carbons (Fsp3) is 0.118. The van der Waals surface area contributed by atoms with Gasteiger partial charge in [0.05, 0.1) is 16.3 Å². The summed E-state index contributed by atoms with van der Waals surface area (Å²) in [5.41, 5.74) is 5.15. The van der Waals surface area contributed by atoms with E-state index in [4.69, 9.17) is 0 Å². The van der Waals surface area contributed by atoms with E-state index in [1.165, 1.54) is 12.1 Å². The normalized spacial score (nSPS) is 11.4. The highest BCUT2D eigenvalue weighted by Crippen LogP contribution is 2.17. The Labute approximate surface area is 148 Å². The van der Waals surface area contributed by atoms with Gasteiger partial charge >= 0.3 is 0 Å². The van der Waals surface area contributed by atoms with Crippen LogP contribution in [0.2, 0.25) is 0 Å². The number of nitrogens with one attached hydrogen (secondary N) is 2. The molecule has 0 radical (unpaired) electrons. The number of rotatable bonds is 5. The van der Waals surface area contributed by atoms with Gasteiger partial charge in [-0.25, -0.2) is 5.43 Å². The first-order valence-electron chi connectivity index (χ1n) is 7.72. The van der Waals surface area contributed by atoms with Gasteiger partial charge in [-0.15, -0.1) is 0 Å². The molecular formula is C17H16N6O3. The van der Waals surface area contributed by atoms with Gasteiger partial charge in [-0.2, -0.15) is 10.2 Å². The highest BCUT2D eigenvalue weighted by Gasteiger charge is 2.13. The minimum atomic E-state index is -0.481. The van der Waals surface area contributed by atoms with E-state index in [9.17, 15) is 14.9 Å². The molecule has 3 rings (SSSR count). The fourth-order valence-electron chi connectivity index (χ4n) is 2.40. The van der Waals surface area contributed by atoms with Gasteiger partial charge in [0, 0.05) is 30.9 Å². The SMILES string of the molecule is C/C(=N/NC(=O)c1cc(-c2cccn2C)n[nH]1)c1cccc([N+](=O)[O-])c1. The molecule has 0 saturated heterocycles. The Morgan fingerprint density at radius 3 is 2.81 bits per heavy atom. The summed E-state index contributed by atoms with van der Waals surface area (Å²) in [6.07, 6.45) is 1.89. The number of carbonyl (C=O) groups excluding carboxylic acids is 1. The molecule has 1 amide bonds. The van der Waals surface area contributed by atoms with Crippen LogP contribution in [0.15, 0.2) is 53.8 Å². The van der Waals surface area contributed by atoms with Crippen molar-refractivity contribution in [3.05, 3.63) is 70.0 Å². The molecule has 2 aromatic heterocycles. The van der Waals surface area contributed by atoms with Crippen molar-refractivity contribution in [3.63, 3.8) is 0 Å². The van der Waals surface area contributed by atoms with Gasteiger partial charge in [0.2, 0.25) is 0 Å². The number of nitrogens with zero attached hydrogens (tertiary/aromatic N) is 4. The molecule has 0 atom stereocenters. The van der Waals surface area contributed by atoms with Gasteiger partial charge in [-0.1, -0.05) is 12.1 Å². The van der Waals surface area contributed by atoms with Gasteiger partial charge < -0.3 is 4.57 Å². The second kappa shape index (κ2) is 7.01. The zero-order valence-corrected chi connectivity index (χ0v) is 14.1. The Balaban J connectivity index is 1.73. The Morgan fingerprint density at radius 1 is 1.31 bits per heavy atom. The van der Waals surface area contributed by atoms with Crippen molar-refractivity contribution >= 4 is 17.3 Å². The molecule has 9 heteroatoms. The van der Waals surface area contributed by atoms with E-state index in [0.29, 0.717) is 17.0 Å². The van der Waals surface area contributed by atoms with Crippen LogP contribution in [0.25, 0.3) is 11.4 Å². The van der Waals surface area contributed by atoms with Crippen molar-refractivity contribution in [3.8, 4) is 11.4 Å². The predicted octanol–water partition coefficient (Wildman–Crippen LogP) is 2.48. The lowest BCUT2D eigenvalue weighted by Gasteiger charge is -2.02. The minimum absolute atomic E-state index is 0.0378. The Hall–Kier alpha value is -3.75. The first-order valence-corrected chi connectivity index (χ1v) is 7.72. The average Bonchev–Trinajstić information content (AvgIpc) is 3.28. The van der Waals surface area contributed by atoms with Crippen LogP contribution in [0.4, 0.5) is 5.69 Å². The van der Waals surface area contributed by atoms with Crippen molar-refractivity contribution in [2.24, 2.45) is 12.1 Å². The molecule has 132 valence electrons. The maximum atomic E-state index is 12.2. The number of hydrogen-bond acceptors (Lipinski definition) is 5. The smallest absolute Gasteiger partial charge is 0.289 e. The highest BCUT2D eigenvalue weighted by atomic mass is 16.6. The number of aryl methyl sites for hydroxylation is 1. The maximum Gasteiger partial charge on any atom is 0.289 e. The molecule has 26 heavy (non-hydrogen) atoms. The van der Waals surface area contributed by atoms with Crippen LogP contribution in [0.3, 0.4) is 0 Å². The summed E-state index contributed by atoms with van der Waals surface area (Å²) >= 11 is 0. The summed E-state index contributed by atoms with van der Waals surface area (Å²) in [6.45, 7) is 1.65. The number of amides is 1. The van der Waals surface area contributed by atoms with Crippen molar-refractivity contribution in [2.45, 2.75) is 6.92 Å². The standard InChI is InChI=1S/C17H16N6O3/c1-11(12-5-3-6-13(9-12)23(25)26)18-21-17(24)15-10-14(19-20-15)16-7-4-8-22(16)2/h3-10H,1-2H3,(H,19,20)(H,21,24)/b18-11-. The van der Waals surface area contributed by atoms with E-state index in [2.05, 4.69) is 20.7 Å². The molecular weight excluding hydrogens is 336 g/mol. The number of aromatic amines is 1. The van der Waals surface area contributed by atoms with Crippen LogP contribution in [-0.2, 0) is 7.05 Å². The molecule has 2 heterocycles. The molecule has 0 fully saturated rings. The van der Waals surface area contributed by atoms with Crippen molar-refractivity contribution in [1.82, 2.24) is 20.2 Å². The van der Waals surface area contributed by atoms with E-state index >= 15 is 0 Å². The Kier molecular flexibility index (Phi) is 4.61. The fourth-order valence-corrected chi connectivity index (χ4v) is 2.40. The molecule has 0 spiro atoms. The van der Waals surface area contributed by atoms with Gasteiger partial charge in [0.15, 0.2) is 0 Å². The molecule has 1 aromatic carbocycles. The van der Waals surface area contributed by atoms with E-state index in [-0.39, 0.29) is 11.4 Å². The number of non-ortho nitro benzene ring substituents is 1. The first kappa shape index (κ1) is 17.1. The second-order valence-corrected chi connectivity index (χ2v) is 5.62. The van der Waals surface area contributed by atoms with Gasteiger partial charge in [0.1, 0.15) is 11.4 Å². The van der Waals surface area contributed by atoms with Gasteiger partial charge in [-0.3, -0.25) is 20.0 Å². The third-order valence-electron chi connectivity index (χ3n) is 3.83. The number of nitro benzene ring substituents is 1. The van der Waals surface area contributed by atoms with Crippen LogP contribution in [0.1, 0.15) is 23.0 Å². The molecule has 3 aromatic rings. The number of aromatic nitrogens is 3. The quantitative estimate of drug-likeness (QED) is 0.416. The summed E-state index contributed by atoms with van der Waals surface area (Å²) in [5.74, 6) is -0.456. The summed E-state index contributed by atoms with van der Waals surface area (Å²) in [6, 6.07) is 11.4. The number of hydrazone groups is 1. The number of nitro groups is 1. The molecule has 2 N–H and O–H groups in total. The molecule has 0 saturated carbocycles. The first-order chi connectivity index (χ1) is 12.5. The van der Waals surface area contributed by atoms with E-state index in [0.717, 1.165) is 5.69 Å². The zero-order chi connectivity index (χ0) is 18.7. The van der Waals surface area contributed by atoms with Crippen LogP contribution < -0.4 is 5.43 Å². The molecule has 0 aliphatic heterocycles. The Morgan fingerprint density at radius 2 is 2.12 bits per heavy atom. The average molecular weight is 352 g/mol. The predicted molar refractivity (Wildman–Crippen MR) is 95.8 cm³/mol. The zero-order valence-electron chi connectivity index (χ0n) is 14.1. The van der Waals surface area contributed by atoms with Gasteiger partial charge in [-0.05, 0) is 25.1 Å². The summed E-state index contributed by atoms with van der Waals surface area (Å²) in [4.78, 5) is 22.6. The molecule has 0 unspecified atom stereocenters. The van der Waals surface area contributed by atoms with E-state index in [1.54, 1.807) is 25.1 Å². The minimum Gasteiger partial charge on any atom is -0.349 e. The number of H-pyrrole nitrogens is 1. The number of benzene rings is 1. The van der Waals surface area contributed by atoms with Crippen LogP contribution in [0.5, 0.6) is 0 Å².